The van der Waals surface area contributed by atoms with Gasteiger partial charge in [0.1, 0.15) is 0 Å². The van der Waals surface area contributed by atoms with Crippen LogP contribution in [-0.4, -0.2) is 17.7 Å². The summed E-state index contributed by atoms with van der Waals surface area (Å²) in [5.41, 5.74) is 3.49. The normalized spacial score (nSPS) is 20.4. The van der Waals surface area contributed by atoms with Crippen LogP contribution in [0.5, 0.6) is 0 Å². The smallest absolute Gasteiger partial charge is 0.0984 e. The Balaban J connectivity index is 2.44. The number of anilines is 1. The van der Waals surface area contributed by atoms with E-state index in [0.717, 1.165) is 12.1 Å². The second-order valence-electron chi connectivity index (χ2n) is 4.32. The number of rotatable bonds is 1. The lowest BCUT2D eigenvalue weighted by Gasteiger charge is -2.23. The summed E-state index contributed by atoms with van der Waals surface area (Å²) < 4.78 is 0. The van der Waals surface area contributed by atoms with E-state index in [9.17, 15) is 5.11 Å². The molecule has 1 aromatic carbocycles. The summed E-state index contributed by atoms with van der Waals surface area (Å²) in [5.74, 6) is 0. The van der Waals surface area contributed by atoms with E-state index in [4.69, 9.17) is 0 Å². The molecule has 0 saturated heterocycles. The molecule has 1 aliphatic rings. The zero-order valence-corrected chi connectivity index (χ0v) is 8.99. The van der Waals surface area contributed by atoms with Crippen molar-refractivity contribution in [2.75, 3.05) is 11.4 Å². The number of hydrogen-bond acceptors (Lipinski definition) is 2. The van der Waals surface area contributed by atoms with E-state index in [-0.39, 0.29) is 6.10 Å². The predicted octanol–water partition coefficient (Wildman–Crippen LogP) is 2.26. The first kappa shape index (κ1) is 9.53. The van der Waals surface area contributed by atoms with Gasteiger partial charge in [0.25, 0.3) is 0 Å². The van der Waals surface area contributed by atoms with Gasteiger partial charge in [0.15, 0.2) is 0 Å². The molecule has 1 atom stereocenters. The van der Waals surface area contributed by atoms with Gasteiger partial charge in [-0.3, -0.25) is 0 Å². The zero-order chi connectivity index (χ0) is 10.3. The predicted molar refractivity (Wildman–Crippen MR) is 58.6 cm³/mol. The fraction of sp³-hybridized carbons (Fsp3) is 0.500. The molecule has 1 aromatic rings. The number of hydrogen-bond donors (Lipinski definition) is 1. The Morgan fingerprint density at radius 2 is 2.14 bits per heavy atom. The van der Waals surface area contributed by atoms with Crippen molar-refractivity contribution in [1.29, 1.82) is 0 Å². The molecular formula is C12H17NO. The first-order valence-corrected chi connectivity index (χ1v) is 5.15. The SMILES string of the molecule is Cc1ccc2c(c1)C(O)CN2C(C)C. The van der Waals surface area contributed by atoms with Gasteiger partial charge in [0.05, 0.1) is 6.10 Å². The van der Waals surface area contributed by atoms with Gasteiger partial charge in [-0.05, 0) is 26.8 Å². The van der Waals surface area contributed by atoms with Crippen LogP contribution in [0.2, 0.25) is 0 Å². The number of β-amino-alcohol motifs (C(OH)–C–C–N with tert-alkyl or cyclic N) is 1. The van der Waals surface area contributed by atoms with Crippen LogP contribution in [-0.2, 0) is 0 Å². The third-order valence-corrected chi connectivity index (χ3v) is 2.84. The average Bonchev–Trinajstić information content (AvgIpc) is 2.44. The number of aliphatic hydroxyl groups excluding tert-OH is 1. The van der Waals surface area contributed by atoms with Gasteiger partial charge in [0, 0.05) is 23.8 Å². The molecule has 2 nitrogen and oxygen atoms in total. The quantitative estimate of drug-likeness (QED) is 0.736. The van der Waals surface area contributed by atoms with Crippen LogP contribution < -0.4 is 4.90 Å². The molecule has 0 aliphatic carbocycles. The van der Waals surface area contributed by atoms with Crippen molar-refractivity contribution in [3.8, 4) is 0 Å². The molecule has 1 aliphatic heterocycles. The monoisotopic (exact) mass is 191 g/mol. The van der Waals surface area contributed by atoms with Gasteiger partial charge in [0.2, 0.25) is 0 Å². The van der Waals surface area contributed by atoms with Gasteiger partial charge in [-0.1, -0.05) is 17.7 Å². The minimum atomic E-state index is -0.313. The molecule has 0 radical (unpaired) electrons. The standard InChI is InChI=1S/C12H17NO/c1-8(2)13-7-12(14)10-6-9(3)4-5-11(10)13/h4-6,8,12,14H,7H2,1-3H3. The molecule has 0 saturated carbocycles. The van der Waals surface area contributed by atoms with Crippen LogP contribution in [0.15, 0.2) is 18.2 Å². The van der Waals surface area contributed by atoms with E-state index in [2.05, 4.69) is 43.9 Å². The number of benzene rings is 1. The van der Waals surface area contributed by atoms with Crippen molar-refractivity contribution in [3.05, 3.63) is 29.3 Å². The Morgan fingerprint density at radius 1 is 1.43 bits per heavy atom. The van der Waals surface area contributed by atoms with Crippen LogP contribution in [0.3, 0.4) is 0 Å². The molecule has 0 spiro atoms. The number of nitrogens with zero attached hydrogens (tertiary/aromatic N) is 1. The third-order valence-electron chi connectivity index (χ3n) is 2.84. The highest BCUT2D eigenvalue weighted by atomic mass is 16.3. The maximum absolute atomic E-state index is 9.88. The van der Waals surface area contributed by atoms with Gasteiger partial charge in [-0.2, -0.15) is 0 Å². The molecule has 0 bridgehead atoms. The number of aliphatic hydroxyl groups is 1. The third kappa shape index (κ3) is 1.40. The largest absolute Gasteiger partial charge is 0.386 e. The van der Waals surface area contributed by atoms with Gasteiger partial charge < -0.3 is 10.0 Å². The van der Waals surface area contributed by atoms with Crippen LogP contribution in [0.25, 0.3) is 0 Å². The van der Waals surface area contributed by atoms with E-state index in [1.165, 1.54) is 11.3 Å². The second kappa shape index (κ2) is 3.28. The van der Waals surface area contributed by atoms with Crippen LogP contribution >= 0.6 is 0 Å². The summed E-state index contributed by atoms with van der Waals surface area (Å²) in [6.45, 7) is 7.10. The molecule has 14 heavy (non-hydrogen) atoms. The zero-order valence-electron chi connectivity index (χ0n) is 8.99. The molecule has 1 N–H and O–H groups in total. The van der Waals surface area contributed by atoms with E-state index in [1.807, 2.05) is 0 Å². The van der Waals surface area contributed by atoms with Crippen molar-refractivity contribution < 1.29 is 5.11 Å². The van der Waals surface area contributed by atoms with E-state index < -0.39 is 0 Å². The minimum Gasteiger partial charge on any atom is -0.386 e. The lowest BCUT2D eigenvalue weighted by atomic mass is 10.1. The maximum atomic E-state index is 9.88. The summed E-state index contributed by atoms with van der Waals surface area (Å²) >= 11 is 0. The summed E-state index contributed by atoms with van der Waals surface area (Å²) in [6.07, 6.45) is -0.313. The Hall–Kier alpha value is -1.02. The molecule has 0 amide bonds. The number of fused-ring (bicyclic) bond motifs is 1. The van der Waals surface area contributed by atoms with Gasteiger partial charge >= 0.3 is 0 Å². The lowest BCUT2D eigenvalue weighted by molar-refractivity contribution is 0.193. The number of aryl methyl sites for hydroxylation is 1. The molecule has 2 rings (SSSR count). The van der Waals surface area contributed by atoms with Crippen molar-refractivity contribution in [1.82, 2.24) is 0 Å². The molecule has 2 heteroatoms. The fourth-order valence-electron chi connectivity index (χ4n) is 2.07. The summed E-state index contributed by atoms with van der Waals surface area (Å²) in [5, 5.41) is 9.88. The molecule has 1 heterocycles. The van der Waals surface area contributed by atoms with E-state index in [1.54, 1.807) is 0 Å². The first-order valence-electron chi connectivity index (χ1n) is 5.15. The van der Waals surface area contributed by atoms with Gasteiger partial charge in [-0.15, -0.1) is 0 Å². The highest BCUT2D eigenvalue weighted by Crippen LogP contribution is 2.36. The van der Waals surface area contributed by atoms with Crippen LogP contribution in [0, 0.1) is 6.92 Å². The van der Waals surface area contributed by atoms with E-state index in [0.29, 0.717) is 6.04 Å². The molecular weight excluding hydrogens is 174 g/mol. The summed E-state index contributed by atoms with van der Waals surface area (Å²) in [4.78, 5) is 2.25. The van der Waals surface area contributed by atoms with Crippen LogP contribution in [0.1, 0.15) is 31.1 Å². The second-order valence-corrected chi connectivity index (χ2v) is 4.32. The Morgan fingerprint density at radius 3 is 2.79 bits per heavy atom. The van der Waals surface area contributed by atoms with Crippen molar-refractivity contribution >= 4 is 5.69 Å². The van der Waals surface area contributed by atoms with Crippen molar-refractivity contribution in [3.63, 3.8) is 0 Å². The summed E-state index contributed by atoms with van der Waals surface area (Å²) in [7, 11) is 0. The Bertz CT molecular complexity index is 346. The Labute approximate surface area is 85.2 Å². The van der Waals surface area contributed by atoms with Crippen molar-refractivity contribution in [2.24, 2.45) is 0 Å². The lowest BCUT2D eigenvalue weighted by Crippen LogP contribution is -2.29. The fourth-order valence-corrected chi connectivity index (χ4v) is 2.07. The maximum Gasteiger partial charge on any atom is 0.0984 e. The molecule has 1 unspecified atom stereocenters. The topological polar surface area (TPSA) is 23.5 Å². The Kier molecular flexibility index (Phi) is 2.23. The molecule has 0 aromatic heterocycles. The highest BCUT2D eigenvalue weighted by molar-refractivity contribution is 5.60. The van der Waals surface area contributed by atoms with Crippen molar-refractivity contribution in [2.45, 2.75) is 32.9 Å². The van der Waals surface area contributed by atoms with Gasteiger partial charge in [-0.25, -0.2) is 0 Å². The van der Waals surface area contributed by atoms with E-state index >= 15 is 0 Å². The first-order chi connectivity index (χ1) is 6.59. The highest BCUT2D eigenvalue weighted by Gasteiger charge is 2.28. The van der Waals surface area contributed by atoms with Crippen LogP contribution in [0.4, 0.5) is 5.69 Å². The molecule has 76 valence electrons. The average molecular weight is 191 g/mol. The summed E-state index contributed by atoms with van der Waals surface area (Å²) in [6, 6.07) is 6.75. The molecule has 0 fully saturated rings. The minimum absolute atomic E-state index is 0.313.